The standard InChI is InChI=1S/C12H18O2S/c1-5-10-7-6-8-11(15(4,13)14)12(10)9(2)3/h6-9H,5H2,1-4H3. The fourth-order valence-electron chi connectivity index (χ4n) is 1.88. The zero-order chi connectivity index (χ0) is 11.6. The first kappa shape index (κ1) is 12.2. The summed E-state index contributed by atoms with van der Waals surface area (Å²) in [6.07, 6.45) is 2.14. The van der Waals surface area contributed by atoms with Gasteiger partial charge in [0.15, 0.2) is 9.84 Å². The van der Waals surface area contributed by atoms with Gasteiger partial charge in [0, 0.05) is 6.26 Å². The minimum Gasteiger partial charge on any atom is -0.224 e. The Labute approximate surface area is 92.2 Å². The quantitative estimate of drug-likeness (QED) is 0.794. The third kappa shape index (κ3) is 2.59. The van der Waals surface area contributed by atoms with Gasteiger partial charge in [0.25, 0.3) is 0 Å². The van der Waals surface area contributed by atoms with Crippen LogP contribution in [-0.2, 0) is 16.3 Å². The van der Waals surface area contributed by atoms with E-state index >= 15 is 0 Å². The average molecular weight is 226 g/mol. The summed E-state index contributed by atoms with van der Waals surface area (Å²) >= 11 is 0. The number of benzene rings is 1. The Morgan fingerprint density at radius 1 is 1.27 bits per heavy atom. The minimum atomic E-state index is -3.11. The van der Waals surface area contributed by atoms with Gasteiger partial charge in [-0.05, 0) is 29.5 Å². The van der Waals surface area contributed by atoms with E-state index in [1.807, 2.05) is 32.9 Å². The molecule has 0 saturated heterocycles. The van der Waals surface area contributed by atoms with Crippen molar-refractivity contribution in [3.05, 3.63) is 29.3 Å². The highest BCUT2D eigenvalue weighted by atomic mass is 32.2. The van der Waals surface area contributed by atoms with Crippen LogP contribution >= 0.6 is 0 Å². The molecule has 0 bridgehead atoms. The molecule has 0 atom stereocenters. The molecule has 0 aliphatic rings. The Hall–Kier alpha value is -0.830. The highest BCUT2D eigenvalue weighted by Gasteiger charge is 2.17. The molecule has 0 N–H and O–H groups in total. The van der Waals surface area contributed by atoms with Crippen LogP contribution in [0.1, 0.15) is 37.8 Å². The first-order chi connectivity index (χ1) is 6.88. The molecule has 0 aliphatic carbocycles. The van der Waals surface area contributed by atoms with Crippen LogP contribution in [0.15, 0.2) is 23.1 Å². The Kier molecular flexibility index (Phi) is 3.55. The Morgan fingerprint density at radius 2 is 1.87 bits per heavy atom. The van der Waals surface area contributed by atoms with Crippen molar-refractivity contribution in [3.8, 4) is 0 Å². The molecule has 84 valence electrons. The summed E-state index contributed by atoms with van der Waals surface area (Å²) in [6.45, 7) is 6.11. The zero-order valence-electron chi connectivity index (χ0n) is 9.74. The molecule has 1 rings (SSSR count). The molecular weight excluding hydrogens is 208 g/mol. The summed E-state index contributed by atoms with van der Waals surface area (Å²) in [5.74, 6) is 0.242. The third-order valence-corrected chi connectivity index (χ3v) is 3.67. The van der Waals surface area contributed by atoms with Gasteiger partial charge in [0.1, 0.15) is 0 Å². The van der Waals surface area contributed by atoms with Crippen LogP contribution in [0, 0.1) is 0 Å². The second-order valence-corrected chi connectivity index (χ2v) is 6.09. The molecular formula is C12H18O2S. The fraction of sp³-hybridized carbons (Fsp3) is 0.500. The second-order valence-electron chi connectivity index (χ2n) is 4.11. The topological polar surface area (TPSA) is 34.1 Å². The molecule has 2 nitrogen and oxygen atoms in total. The third-order valence-electron chi connectivity index (χ3n) is 2.51. The van der Waals surface area contributed by atoms with E-state index in [0.717, 1.165) is 17.5 Å². The first-order valence-electron chi connectivity index (χ1n) is 5.19. The van der Waals surface area contributed by atoms with Gasteiger partial charge < -0.3 is 0 Å². The van der Waals surface area contributed by atoms with E-state index in [2.05, 4.69) is 0 Å². The average Bonchev–Trinajstić information content (AvgIpc) is 2.15. The Bertz CT molecular complexity index is 445. The summed E-state index contributed by atoms with van der Waals surface area (Å²) in [7, 11) is -3.11. The molecule has 0 saturated carbocycles. The number of hydrogen-bond acceptors (Lipinski definition) is 2. The predicted octanol–water partition coefficient (Wildman–Crippen LogP) is 2.78. The number of rotatable bonds is 3. The highest BCUT2D eigenvalue weighted by Crippen LogP contribution is 2.27. The smallest absolute Gasteiger partial charge is 0.175 e. The predicted molar refractivity (Wildman–Crippen MR) is 63.0 cm³/mol. The van der Waals surface area contributed by atoms with Crippen molar-refractivity contribution in [2.75, 3.05) is 6.26 Å². The van der Waals surface area contributed by atoms with E-state index in [1.165, 1.54) is 6.26 Å². The van der Waals surface area contributed by atoms with Gasteiger partial charge >= 0.3 is 0 Å². The maximum absolute atomic E-state index is 11.6. The highest BCUT2D eigenvalue weighted by molar-refractivity contribution is 7.90. The molecule has 0 radical (unpaired) electrons. The lowest BCUT2D eigenvalue weighted by molar-refractivity contribution is 0.599. The van der Waals surface area contributed by atoms with Gasteiger partial charge in [-0.2, -0.15) is 0 Å². The van der Waals surface area contributed by atoms with E-state index in [1.54, 1.807) is 6.07 Å². The second kappa shape index (κ2) is 4.35. The molecule has 0 aromatic heterocycles. The lowest BCUT2D eigenvalue weighted by Crippen LogP contribution is -2.06. The molecule has 0 aliphatic heterocycles. The summed E-state index contributed by atoms with van der Waals surface area (Å²) in [5.41, 5.74) is 2.11. The maximum Gasteiger partial charge on any atom is 0.175 e. The zero-order valence-corrected chi connectivity index (χ0v) is 10.6. The molecule has 0 heterocycles. The maximum atomic E-state index is 11.6. The molecule has 1 aromatic carbocycles. The Balaban J connectivity index is 3.53. The van der Waals surface area contributed by atoms with Gasteiger partial charge in [0.05, 0.1) is 4.90 Å². The number of aryl methyl sites for hydroxylation is 1. The van der Waals surface area contributed by atoms with Gasteiger partial charge in [0.2, 0.25) is 0 Å². The van der Waals surface area contributed by atoms with Crippen molar-refractivity contribution < 1.29 is 8.42 Å². The van der Waals surface area contributed by atoms with Crippen LogP contribution in [0.5, 0.6) is 0 Å². The summed E-state index contributed by atoms with van der Waals surface area (Å²) in [6, 6.07) is 5.52. The molecule has 0 fully saturated rings. The van der Waals surface area contributed by atoms with Crippen molar-refractivity contribution in [1.82, 2.24) is 0 Å². The van der Waals surface area contributed by atoms with Crippen molar-refractivity contribution >= 4 is 9.84 Å². The van der Waals surface area contributed by atoms with E-state index in [0.29, 0.717) is 4.90 Å². The van der Waals surface area contributed by atoms with Gasteiger partial charge in [-0.1, -0.05) is 32.9 Å². The van der Waals surface area contributed by atoms with Crippen molar-refractivity contribution in [1.29, 1.82) is 0 Å². The fourth-order valence-corrected chi connectivity index (χ4v) is 2.97. The number of sulfone groups is 1. The van der Waals surface area contributed by atoms with Gasteiger partial charge in [-0.15, -0.1) is 0 Å². The van der Waals surface area contributed by atoms with Crippen LogP contribution in [0.25, 0.3) is 0 Å². The number of hydrogen-bond donors (Lipinski definition) is 0. The van der Waals surface area contributed by atoms with E-state index in [9.17, 15) is 8.42 Å². The SMILES string of the molecule is CCc1cccc(S(C)(=O)=O)c1C(C)C. The van der Waals surface area contributed by atoms with Crippen molar-refractivity contribution in [2.45, 2.75) is 38.0 Å². The molecule has 0 unspecified atom stereocenters. The van der Waals surface area contributed by atoms with Crippen LogP contribution in [-0.4, -0.2) is 14.7 Å². The largest absolute Gasteiger partial charge is 0.224 e. The normalized spacial score (nSPS) is 12.1. The summed E-state index contributed by atoms with van der Waals surface area (Å²) < 4.78 is 23.3. The molecule has 15 heavy (non-hydrogen) atoms. The van der Waals surface area contributed by atoms with Crippen LogP contribution in [0.4, 0.5) is 0 Å². The van der Waals surface area contributed by atoms with Gasteiger partial charge in [-0.25, -0.2) is 8.42 Å². The Morgan fingerprint density at radius 3 is 2.27 bits per heavy atom. The van der Waals surface area contributed by atoms with Crippen LogP contribution < -0.4 is 0 Å². The lowest BCUT2D eigenvalue weighted by atomic mass is 9.96. The summed E-state index contributed by atoms with van der Waals surface area (Å²) in [4.78, 5) is 0.483. The lowest BCUT2D eigenvalue weighted by Gasteiger charge is -2.15. The summed E-state index contributed by atoms with van der Waals surface area (Å²) in [5, 5.41) is 0. The molecule has 3 heteroatoms. The minimum absolute atomic E-state index is 0.242. The van der Waals surface area contributed by atoms with Crippen LogP contribution in [0.2, 0.25) is 0 Å². The van der Waals surface area contributed by atoms with E-state index < -0.39 is 9.84 Å². The van der Waals surface area contributed by atoms with Crippen molar-refractivity contribution in [3.63, 3.8) is 0 Å². The molecule has 0 spiro atoms. The molecule has 0 amide bonds. The van der Waals surface area contributed by atoms with Crippen molar-refractivity contribution in [2.24, 2.45) is 0 Å². The monoisotopic (exact) mass is 226 g/mol. The van der Waals surface area contributed by atoms with Crippen LogP contribution in [0.3, 0.4) is 0 Å². The molecule has 1 aromatic rings. The first-order valence-corrected chi connectivity index (χ1v) is 7.09. The van der Waals surface area contributed by atoms with E-state index in [-0.39, 0.29) is 5.92 Å². The van der Waals surface area contributed by atoms with E-state index in [4.69, 9.17) is 0 Å². The van der Waals surface area contributed by atoms with Gasteiger partial charge in [-0.3, -0.25) is 0 Å².